The van der Waals surface area contributed by atoms with Crippen LogP contribution in [0.5, 0.6) is 0 Å². The van der Waals surface area contributed by atoms with Crippen LogP contribution < -0.4 is 0 Å². The summed E-state index contributed by atoms with van der Waals surface area (Å²) in [5.41, 5.74) is 0.00810. The standard InChI is InChI=1S/C9H15N/c1-7(2)8-4-5-9(8,3)6-10/h7-8H,4-5H2,1-3H3. The molecule has 56 valence electrons. The molecule has 1 heteroatoms. The maximum Gasteiger partial charge on any atom is 0.0689 e. The van der Waals surface area contributed by atoms with Gasteiger partial charge in [0, 0.05) is 0 Å². The van der Waals surface area contributed by atoms with Crippen molar-refractivity contribution in [3.63, 3.8) is 0 Å². The van der Waals surface area contributed by atoms with E-state index in [0.717, 1.165) is 6.42 Å². The van der Waals surface area contributed by atoms with E-state index in [4.69, 9.17) is 5.26 Å². The normalized spacial score (nSPS) is 38.9. The van der Waals surface area contributed by atoms with Crippen LogP contribution in [0.3, 0.4) is 0 Å². The van der Waals surface area contributed by atoms with Gasteiger partial charge >= 0.3 is 0 Å². The first-order chi connectivity index (χ1) is 4.60. The SMILES string of the molecule is CC(C)C1CCC1(C)C#N. The van der Waals surface area contributed by atoms with E-state index in [1.54, 1.807) is 0 Å². The Bertz CT molecular complexity index is 166. The fraction of sp³-hybridized carbons (Fsp3) is 0.889. The van der Waals surface area contributed by atoms with Gasteiger partial charge < -0.3 is 0 Å². The Kier molecular flexibility index (Phi) is 1.72. The minimum atomic E-state index is 0.00810. The smallest absolute Gasteiger partial charge is 0.0689 e. The Hall–Kier alpha value is -0.510. The molecule has 0 N–H and O–H groups in total. The van der Waals surface area contributed by atoms with Crippen LogP contribution in [0.4, 0.5) is 0 Å². The lowest BCUT2D eigenvalue weighted by Crippen LogP contribution is -2.39. The van der Waals surface area contributed by atoms with Crippen molar-refractivity contribution < 1.29 is 0 Å². The van der Waals surface area contributed by atoms with E-state index in [2.05, 4.69) is 26.8 Å². The quantitative estimate of drug-likeness (QED) is 0.545. The van der Waals surface area contributed by atoms with Crippen molar-refractivity contribution in [2.45, 2.75) is 33.6 Å². The summed E-state index contributed by atoms with van der Waals surface area (Å²) in [6.07, 6.45) is 2.36. The molecule has 1 aliphatic rings. The summed E-state index contributed by atoms with van der Waals surface area (Å²) in [5, 5.41) is 8.81. The molecule has 0 aliphatic heterocycles. The first-order valence-electron chi connectivity index (χ1n) is 4.01. The third-order valence-electron chi connectivity index (χ3n) is 2.85. The maximum absolute atomic E-state index is 8.81. The van der Waals surface area contributed by atoms with Gasteiger partial charge in [0.2, 0.25) is 0 Å². The van der Waals surface area contributed by atoms with Gasteiger partial charge in [-0.3, -0.25) is 0 Å². The molecule has 1 nitrogen and oxygen atoms in total. The second-order valence-electron chi connectivity index (χ2n) is 3.92. The highest BCUT2D eigenvalue weighted by atomic mass is 14.5. The molecule has 1 aliphatic carbocycles. The van der Waals surface area contributed by atoms with Crippen molar-refractivity contribution in [3.8, 4) is 6.07 Å². The van der Waals surface area contributed by atoms with Crippen LogP contribution in [0.1, 0.15) is 33.6 Å². The molecule has 0 aromatic carbocycles. The van der Waals surface area contributed by atoms with E-state index in [9.17, 15) is 0 Å². The first-order valence-corrected chi connectivity index (χ1v) is 4.01. The second-order valence-corrected chi connectivity index (χ2v) is 3.92. The van der Waals surface area contributed by atoms with E-state index in [1.165, 1.54) is 6.42 Å². The van der Waals surface area contributed by atoms with Crippen LogP contribution in [0, 0.1) is 28.6 Å². The molecular formula is C9H15N. The van der Waals surface area contributed by atoms with Crippen LogP contribution >= 0.6 is 0 Å². The zero-order valence-corrected chi connectivity index (χ0v) is 7.02. The van der Waals surface area contributed by atoms with Crippen molar-refractivity contribution in [1.82, 2.24) is 0 Å². The van der Waals surface area contributed by atoms with Gasteiger partial charge in [0.25, 0.3) is 0 Å². The third kappa shape index (κ3) is 0.923. The summed E-state index contributed by atoms with van der Waals surface area (Å²) < 4.78 is 0. The molecule has 0 heterocycles. The van der Waals surface area contributed by atoms with E-state index in [1.807, 2.05) is 0 Å². The van der Waals surface area contributed by atoms with Gasteiger partial charge in [0.05, 0.1) is 11.5 Å². The number of hydrogen-bond donors (Lipinski definition) is 0. The summed E-state index contributed by atoms with van der Waals surface area (Å²) in [5.74, 6) is 1.33. The molecule has 0 aromatic rings. The zero-order valence-electron chi connectivity index (χ0n) is 7.02. The van der Waals surface area contributed by atoms with Crippen molar-refractivity contribution in [1.29, 1.82) is 5.26 Å². The number of nitrogens with zero attached hydrogens (tertiary/aromatic N) is 1. The summed E-state index contributed by atoms with van der Waals surface area (Å²) in [4.78, 5) is 0. The lowest BCUT2D eigenvalue weighted by molar-refractivity contribution is 0.0698. The summed E-state index contributed by atoms with van der Waals surface area (Å²) in [6.45, 7) is 6.50. The Labute approximate surface area is 63.0 Å². The molecule has 2 atom stereocenters. The molecule has 10 heavy (non-hydrogen) atoms. The van der Waals surface area contributed by atoms with E-state index < -0.39 is 0 Å². The van der Waals surface area contributed by atoms with Gasteiger partial charge in [-0.25, -0.2) is 0 Å². The van der Waals surface area contributed by atoms with Crippen molar-refractivity contribution in [2.24, 2.45) is 17.3 Å². The highest BCUT2D eigenvalue weighted by Gasteiger charge is 2.44. The molecule has 0 amide bonds. The molecule has 0 radical (unpaired) electrons. The van der Waals surface area contributed by atoms with Gasteiger partial charge in [-0.15, -0.1) is 0 Å². The molecule has 1 rings (SSSR count). The van der Waals surface area contributed by atoms with Crippen LogP contribution in [-0.4, -0.2) is 0 Å². The van der Waals surface area contributed by atoms with Gasteiger partial charge in [-0.1, -0.05) is 13.8 Å². The van der Waals surface area contributed by atoms with Crippen LogP contribution in [0.2, 0.25) is 0 Å². The Morgan fingerprint density at radius 3 is 2.30 bits per heavy atom. The minimum absolute atomic E-state index is 0.00810. The lowest BCUT2D eigenvalue weighted by Gasteiger charge is -2.44. The molecule has 0 spiro atoms. The third-order valence-corrected chi connectivity index (χ3v) is 2.85. The Morgan fingerprint density at radius 1 is 1.60 bits per heavy atom. The van der Waals surface area contributed by atoms with E-state index >= 15 is 0 Å². The maximum atomic E-state index is 8.81. The molecule has 0 bridgehead atoms. The molecule has 1 saturated carbocycles. The van der Waals surface area contributed by atoms with E-state index in [0.29, 0.717) is 11.8 Å². The first kappa shape index (κ1) is 7.60. The summed E-state index contributed by atoms with van der Waals surface area (Å²) >= 11 is 0. The number of hydrogen-bond acceptors (Lipinski definition) is 1. The molecular weight excluding hydrogens is 122 g/mol. The van der Waals surface area contributed by atoms with Crippen LogP contribution in [-0.2, 0) is 0 Å². The average Bonchev–Trinajstić information content (AvgIpc) is 1.83. The Morgan fingerprint density at radius 2 is 2.20 bits per heavy atom. The lowest BCUT2D eigenvalue weighted by atomic mass is 9.58. The number of rotatable bonds is 1. The van der Waals surface area contributed by atoms with Gasteiger partial charge in [0.15, 0.2) is 0 Å². The zero-order chi connectivity index (χ0) is 7.78. The van der Waals surface area contributed by atoms with Gasteiger partial charge in [-0.05, 0) is 31.6 Å². The molecule has 0 aromatic heterocycles. The predicted octanol–water partition coefficient (Wildman–Crippen LogP) is 2.58. The van der Waals surface area contributed by atoms with Crippen molar-refractivity contribution in [2.75, 3.05) is 0 Å². The van der Waals surface area contributed by atoms with Crippen molar-refractivity contribution >= 4 is 0 Å². The highest BCUT2D eigenvalue weighted by molar-refractivity contribution is 5.07. The summed E-state index contributed by atoms with van der Waals surface area (Å²) in [7, 11) is 0. The minimum Gasteiger partial charge on any atom is -0.198 e. The van der Waals surface area contributed by atoms with Crippen LogP contribution in [0.25, 0.3) is 0 Å². The fourth-order valence-corrected chi connectivity index (χ4v) is 1.95. The number of nitriles is 1. The molecule has 2 unspecified atom stereocenters. The van der Waals surface area contributed by atoms with E-state index in [-0.39, 0.29) is 5.41 Å². The van der Waals surface area contributed by atoms with Gasteiger partial charge in [-0.2, -0.15) is 5.26 Å². The van der Waals surface area contributed by atoms with Crippen LogP contribution in [0.15, 0.2) is 0 Å². The largest absolute Gasteiger partial charge is 0.198 e. The van der Waals surface area contributed by atoms with Gasteiger partial charge in [0.1, 0.15) is 0 Å². The highest BCUT2D eigenvalue weighted by Crippen LogP contribution is 2.49. The monoisotopic (exact) mass is 137 g/mol. The fourth-order valence-electron chi connectivity index (χ4n) is 1.95. The second kappa shape index (κ2) is 2.27. The molecule has 0 saturated heterocycles. The van der Waals surface area contributed by atoms with Crippen molar-refractivity contribution in [3.05, 3.63) is 0 Å². The topological polar surface area (TPSA) is 23.8 Å². The predicted molar refractivity (Wildman–Crippen MR) is 41.3 cm³/mol. The summed E-state index contributed by atoms with van der Waals surface area (Å²) in [6, 6.07) is 2.41. The molecule has 1 fully saturated rings. The average molecular weight is 137 g/mol. The Balaban J connectivity index is 2.60.